The fourth-order valence-electron chi connectivity index (χ4n) is 2.53. The van der Waals surface area contributed by atoms with Crippen molar-refractivity contribution in [2.75, 3.05) is 11.9 Å². The van der Waals surface area contributed by atoms with Gasteiger partial charge in [-0.05, 0) is 70.9 Å². The van der Waals surface area contributed by atoms with Crippen molar-refractivity contribution >= 4 is 34.2 Å². The van der Waals surface area contributed by atoms with Crippen molar-refractivity contribution in [1.29, 1.82) is 0 Å². The molecule has 0 radical (unpaired) electrons. The molecule has 2 N–H and O–H groups in total. The molecule has 1 aliphatic rings. The Labute approximate surface area is 136 Å². The first-order chi connectivity index (χ1) is 10.1. The van der Waals surface area contributed by atoms with Gasteiger partial charge in [-0.25, -0.2) is 4.39 Å². The lowest BCUT2D eigenvalue weighted by Crippen LogP contribution is -2.26. The number of nitrogens with one attached hydrogen (secondary N) is 2. The number of amides is 1. The molecule has 1 heterocycles. The van der Waals surface area contributed by atoms with Crippen molar-refractivity contribution < 1.29 is 9.18 Å². The second-order valence-electron chi connectivity index (χ2n) is 4.95. The van der Waals surface area contributed by atoms with E-state index in [1.165, 1.54) is 17.7 Å². The first-order valence-electron chi connectivity index (χ1n) is 6.73. The Balaban J connectivity index is 1.89. The van der Waals surface area contributed by atoms with E-state index in [1.54, 1.807) is 6.07 Å². The van der Waals surface area contributed by atoms with Gasteiger partial charge in [0.25, 0.3) is 5.91 Å². The van der Waals surface area contributed by atoms with Crippen LogP contribution >= 0.6 is 22.6 Å². The van der Waals surface area contributed by atoms with E-state index in [4.69, 9.17) is 0 Å². The van der Waals surface area contributed by atoms with E-state index < -0.39 is 0 Å². The highest BCUT2D eigenvalue weighted by Crippen LogP contribution is 2.23. The van der Waals surface area contributed by atoms with Crippen LogP contribution in [0.2, 0.25) is 0 Å². The van der Waals surface area contributed by atoms with Crippen LogP contribution in [0.15, 0.2) is 36.4 Å². The molecule has 3 nitrogen and oxygen atoms in total. The van der Waals surface area contributed by atoms with Crippen LogP contribution in [0.1, 0.15) is 21.5 Å². The second-order valence-corrected chi connectivity index (χ2v) is 6.11. The van der Waals surface area contributed by atoms with Gasteiger partial charge in [0, 0.05) is 15.7 Å². The number of carbonyl (C=O) groups is 1. The number of rotatable bonds is 2. The summed E-state index contributed by atoms with van der Waals surface area (Å²) in [4.78, 5) is 12.5. The molecule has 0 aliphatic carbocycles. The Morgan fingerprint density at radius 2 is 2.14 bits per heavy atom. The predicted octanol–water partition coefficient (Wildman–Crippen LogP) is 3.33. The van der Waals surface area contributed by atoms with Crippen LogP contribution < -0.4 is 10.6 Å². The molecule has 0 atom stereocenters. The molecular weight excluding hydrogens is 382 g/mol. The summed E-state index contributed by atoms with van der Waals surface area (Å²) in [6.45, 7) is 1.68. The van der Waals surface area contributed by atoms with Gasteiger partial charge < -0.3 is 10.6 Å². The molecular formula is C16H14FIN2O. The minimum Gasteiger partial charge on any atom is -0.321 e. The molecule has 108 valence electrons. The average molecular weight is 396 g/mol. The fourth-order valence-corrected chi connectivity index (χ4v) is 3.14. The van der Waals surface area contributed by atoms with E-state index in [0.717, 1.165) is 25.1 Å². The number of fused-ring (bicyclic) bond motifs is 1. The van der Waals surface area contributed by atoms with E-state index in [2.05, 4.69) is 10.6 Å². The normalized spacial score (nSPS) is 13.6. The Hall–Kier alpha value is -1.47. The van der Waals surface area contributed by atoms with Crippen LogP contribution in [0.3, 0.4) is 0 Å². The zero-order valence-corrected chi connectivity index (χ0v) is 13.4. The molecule has 5 heteroatoms. The molecule has 0 saturated carbocycles. The average Bonchev–Trinajstić information content (AvgIpc) is 2.49. The second kappa shape index (κ2) is 6.11. The lowest BCUT2D eigenvalue weighted by molar-refractivity contribution is 0.102. The molecule has 1 aliphatic heterocycles. The summed E-state index contributed by atoms with van der Waals surface area (Å²) in [6, 6.07) is 10.1. The maximum atomic E-state index is 13.1. The molecule has 1 amide bonds. The van der Waals surface area contributed by atoms with Crippen LogP contribution in [0, 0.1) is 9.39 Å². The summed E-state index contributed by atoms with van der Waals surface area (Å²) in [5, 5.41) is 6.17. The Morgan fingerprint density at radius 1 is 1.29 bits per heavy atom. The summed E-state index contributed by atoms with van der Waals surface area (Å²) >= 11 is 2.02. The van der Waals surface area contributed by atoms with Crippen LogP contribution in [0.4, 0.5) is 10.1 Å². The molecule has 0 saturated heterocycles. The predicted molar refractivity (Wildman–Crippen MR) is 88.9 cm³/mol. The van der Waals surface area contributed by atoms with Gasteiger partial charge in [0.15, 0.2) is 0 Å². The van der Waals surface area contributed by atoms with Crippen LogP contribution in [-0.2, 0) is 13.0 Å². The van der Waals surface area contributed by atoms with E-state index in [0.29, 0.717) is 14.8 Å². The fraction of sp³-hybridized carbons (Fsp3) is 0.188. The summed E-state index contributed by atoms with van der Waals surface area (Å²) in [6.07, 6.45) is 0.847. The first kappa shape index (κ1) is 14.5. The van der Waals surface area contributed by atoms with Gasteiger partial charge in [-0.1, -0.05) is 12.1 Å². The Kier molecular flexibility index (Phi) is 4.21. The molecule has 2 aromatic carbocycles. The zero-order valence-electron chi connectivity index (χ0n) is 11.2. The molecule has 0 unspecified atom stereocenters. The van der Waals surface area contributed by atoms with Gasteiger partial charge >= 0.3 is 0 Å². The summed E-state index contributed by atoms with van der Waals surface area (Å²) < 4.78 is 13.8. The quantitative estimate of drug-likeness (QED) is 0.765. The van der Waals surface area contributed by atoms with Gasteiger partial charge in [-0.2, -0.15) is 0 Å². The van der Waals surface area contributed by atoms with E-state index in [-0.39, 0.29) is 11.7 Å². The zero-order chi connectivity index (χ0) is 14.8. The van der Waals surface area contributed by atoms with Crippen molar-refractivity contribution in [3.05, 3.63) is 62.5 Å². The van der Waals surface area contributed by atoms with E-state index in [1.807, 2.05) is 40.8 Å². The third-order valence-electron chi connectivity index (χ3n) is 3.56. The largest absolute Gasteiger partial charge is 0.321 e. The molecule has 21 heavy (non-hydrogen) atoms. The molecule has 2 aromatic rings. The van der Waals surface area contributed by atoms with E-state index in [9.17, 15) is 9.18 Å². The number of hydrogen-bond donors (Lipinski definition) is 2. The summed E-state index contributed by atoms with van der Waals surface area (Å²) in [5.74, 6) is -0.446. The van der Waals surface area contributed by atoms with Crippen molar-refractivity contribution in [2.24, 2.45) is 0 Å². The Morgan fingerprint density at radius 3 is 2.95 bits per heavy atom. The molecule has 3 rings (SSSR count). The highest BCUT2D eigenvalue weighted by atomic mass is 127. The van der Waals surface area contributed by atoms with Crippen LogP contribution in [-0.4, -0.2) is 12.5 Å². The molecule has 0 spiro atoms. The highest BCUT2D eigenvalue weighted by molar-refractivity contribution is 14.1. The van der Waals surface area contributed by atoms with Crippen molar-refractivity contribution in [1.82, 2.24) is 5.32 Å². The van der Waals surface area contributed by atoms with Crippen molar-refractivity contribution in [3.8, 4) is 0 Å². The van der Waals surface area contributed by atoms with Crippen molar-refractivity contribution in [2.45, 2.75) is 13.0 Å². The topological polar surface area (TPSA) is 41.1 Å². The standard InChI is InChI=1S/C16H14FIN2O/c17-11-4-5-15(14(18)8-11)20-16(21)13-3-1-2-10-9-19-7-6-12(10)13/h1-5,8,19H,6-7,9H2,(H,20,21). The maximum Gasteiger partial charge on any atom is 0.255 e. The molecule has 0 fully saturated rings. The van der Waals surface area contributed by atoms with Crippen LogP contribution in [0.25, 0.3) is 0 Å². The third kappa shape index (κ3) is 3.08. The SMILES string of the molecule is O=C(Nc1ccc(F)cc1I)c1cccc2c1CCNC2. The molecule has 0 bridgehead atoms. The van der Waals surface area contributed by atoms with Crippen molar-refractivity contribution in [3.63, 3.8) is 0 Å². The minimum atomic E-state index is -0.305. The van der Waals surface area contributed by atoms with Gasteiger partial charge in [-0.3, -0.25) is 4.79 Å². The van der Waals surface area contributed by atoms with E-state index >= 15 is 0 Å². The first-order valence-corrected chi connectivity index (χ1v) is 7.81. The number of hydrogen-bond acceptors (Lipinski definition) is 2. The summed E-state index contributed by atoms with van der Waals surface area (Å²) in [5.41, 5.74) is 3.61. The lowest BCUT2D eigenvalue weighted by Gasteiger charge is -2.20. The molecule has 0 aromatic heterocycles. The van der Waals surface area contributed by atoms with Gasteiger partial charge in [0.2, 0.25) is 0 Å². The Bertz CT molecular complexity index is 703. The number of benzene rings is 2. The monoisotopic (exact) mass is 396 g/mol. The maximum absolute atomic E-state index is 13.1. The number of carbonyl (C=O) groups excluding carboxylic acids is 1. The van der Waals surface area contributed by atoms with Gasteiger partial charge in [0.1, 0.15) is 5.82 Å². The number of anilines is 1. The smallest absolute Gasteiger partial charge is 0.255 e. The highest BCUT2D eigenvalue weighted by Gasteiger charge is 2.17. The summed E-state index contributed by atoms with van der Waals surface area (Å²) in [7, 11) is 0. The van der Waals surface area contributed by atoms with Gasteiger partial charge in [0.05, 0.1) is 5.69 Å². The number of halogens is 2. The lowest BCUT2D eigenvalue weighted by atomic mass is 9.95. The third-order valence-corrected chi connectivity index (χ3v) is 4.46. The minimum absolute atomic E-state index is 0.140. The van der Waals surface area contributed by atoms with Gasteiger partial charge in [-0.15, -0.1) is 0 Å². The van der Waals surface area contributed by atoms with Crippen LogP contribution in [0.5, 0.6) is 0 Å².